The SMILES string of the molecule is Cc1ccc(S(=O)(=O)N(CC(=O)N[C@H](C)c2ccc(S(C)(=O)=O)cc2)c2ccc(C)c(Cl)c2)cc1. The van der Waals surface area contributed by atoms with Crippen molar-refractivity contribution in [3.63, 3.8) is 0 Å². The van der Waals surface area contributed by atoms with Gasteiger partial charge in [-0.05, 0) is 68.3 Å². The minimum absolute atomic E-state index is 0.0528. The molecule has 0 spiro atoms. The van der Waals surface area contributed by atoms with Gasteiger partial charge in [-0.15, -0.1) is 0 Å². The highest BCUT2D eigenvalue weighted by Gasteiger charge is 2.28. The van der Waals surface area contributed by atoms with Crippen LogP contribution in [0.2, 0.25) is 5.02 Å². The summed E-state index contributed by atoms with van der Waals surface area (Å²) in [7, 11) is -7.41. The molecule has 0 aliphatic rings. The molecule has 0 fully saturated rings. The summed E-state index contributed by atoms with van der Waals surface area (Å²) >= 11 is 6.26. The van der Waals surface area contributed by atoms with E-state index >= 15 is 0 Å². The standard InChI is InChI=1S/C25H27ClN2O5S2/c1-17-5-11-23(12-6-17)35(32,33)28(21-10-7-18(2)24(26)15-21)16-25(29)27-19(3)20-8-13-22(14-9-20)34(4,30)31/h5-15,19H,16H2,1-4H3,(H,27,29)/t19-/m1/s1. The molecule has 1 amide bonds. The molecule has 0 aliphatic heterocycles. The predicted molar refractivity (Wildman–Crippen MR) is 138 cm³/mol. The number of nitrogens with zero attached hydrogens (tertiary/aromatic N) is 1. The maximum Gasteiger partial charge on any atom is 0.264 e. The second-order valence-electron chi connectivity index (χ2n) is 8.39. The maximum atomic E-state index is 13.5. The Kier molecular flexibility index (Phi) is 7.93. The van der Waals surface area contributed by atoms with E-state index in [0.717, 1.165) is 21.7 Å². The number of hydrogen-bond donors (Lipinski definition) is 1. The Morgan fingerprint density at radius 3 is 2.03 bits per heavy atom. The van der Waals surface area contributed by atoms with Gasteiger partial charge in [0, 0.05) is 11.3 Å². The Balaban J connectivity index is 1.89. The largest absolute Gasteiger partial charge is 0.348 e. The number of anilines is 1. The molecule has 7 nitrogen and oxygen atoms in total. The quantitative estimate of drug-likeness (QED) is 0.460. The Bertz CT molecular complexity index is 1440. The normalized spacial score (nSPS) is 12.7. The summed E-state index contributed by atoms with van der Waals surface area (Å²) in [6.07, 6.45) is 1.12. The van der Waals surface area contributed by atoms with Gasteiger partial charge in [0.05, 0.1) is 21.5 Å². The van der Waals surface area contributed by atoms with Crippen LogP contribution in [0.1, 0.15) is 29.7 Å². The number of amides is 1. The lowest BCUT2D eigenvalue weighted by atomic mass is 10.1. The second-order valence-corrected chi connectivity index (χ2v) is 12.7. The summed E-state index contributed by atoms with van der Waals surface area (Å²) in [5.41, 5.74) is 2.62. The first-order valence-corrected chi connectivity index (χ1v) is 14.4. The van der Waals surface area contributed by atoms with E-state index in [1.54, 1.807) is 50.2 Å². The maximum absolute atomic E-state index is 13.5. The van der Waals surface area contributed by atoms with Gasteiger partial charge in [-0.25, -0.2) is 16.8 Å². The fourth-order valence-corrected chi connectivity index (χ4v) is 5.61. The third-order valence-corrected chi connectivity index (χ3v) is 8.85. The number of aryl methyl sites for hydroxylation is 2. The fourth-order valence-electron chi connectivity index (χ4n) is 3.39. The van der Waals surface area contributed by atoms with E-state index in [2.05, 4.69) is 5.32 Å². The molecule has 0 saturated carbocycles. The van der Waals surface area contributed by atoms with Gasteiger partial charge in [0.2, 0.25) is 5.91 Å². The molecule has 0 heterocycles. The fraction of sp³-hybridized carbons (Fsp3) is 0.240. The highest BCUT2D eigenvalue weighted by molar-refractivity contribution is 7.93. The predicted octanol–water partition coefficient (Wildman–Crippen LogP) is 4.43. The number of hydrogen-bond acceptors (Lipinski definition) is 5. The van der Waals surface area contributed by atoms with Crippen molar-refractivity contribution in [1.29, 1.82) is 0 Å². The van der Waals surface area contributed by atoms with Gasteiger partial charge in [0.15, 0.2) is 9.84 Å². The van der Waals surface area contributed by atoms with E-state index in [4.69, 9.17) is 11.6 Å². The molecule has 3 aromatic rings. The molecule has 0 radical (unpaired) electrons. The monoisotopic (exact) mass is 534 g/mol. The van der Waals surface area contributed by atoms with Crippen molar-refractivity contribution in [1.82, 2.24) is 5.32 Å². The number of benzene rings is 3. The minimum Gasteiger partial charge on any atom is -0.348 e. The number of rotatable bonds is 8. The highest BCUT2D eigenvalue weighted by Crippen LogP contribution is 2.28. The van der Waals surface area contributed by atoms with Gasteiger partial charge in [0.1, 0.15) is 6.54 Å². The van der Waals surface area contributed by atoms with Crippen LogP contribution in [0.3, 0.4) is 0 Å². The van der Waals surface area contributed by atoms with Crippen LogP contribution >= 0.6 is 11.6 Å². The third kappa shape index (κ3) is 6.42. The molecule has 0 unspecified atom stereocenters. The molecule has 3 rings (SSSR count). The van der Waals surface area contributed by atoms with Crippen LogP contribution in [0.15, 0.2) is 76.5 Å². The zero-order valence-electron chi connectivity index (χ0n) is 19.8. The molecule has 35 heavy (non-hydrogen) atoms. The van der Waals surface area contributed by atoms with Crippen LogP contribution in [0.25, 0.3) is 0 Å². The first kappa shape index (κ1) is 26.7. The Morgan fingerprint density at radius 1 is 0.914 bits per heavy atom. The van der Waals surface area contributed by atoms with Crippen LogP contribution < -0.4 is 9.62 Å². The zero-order valence-corrected chi connectivity index (χ0v) is 22.2. The molecule has 1 atom stereocenters. The van der Waals surface area contributed by atoms with Crippen LogP contribution in [0.4, 0.5) is 5.69 Å². The van der Waals surface area contributed by atoms with E-state index in [1.807, 2.05) is 6.92 Å². The molecule has 3 aromatic carbocycles. The van der Waals surface area contributed by atoms with Gasteiger partial charge in [-0.2, -0.15) is 0 Å². The Hall–Kier alpha value is -2.88. The van der Waals surface area contributed by atoms with E-state index in [1.165, 1.54) is 30.3 Å². The van der Waals surface area contributed by atoms with Crippen LogP contribution in [0.5, 0.6) is 0 Å². The summed E-state index contributed by atoms with van der Waals surface area (Å²) in [4.78, 5) is 13.2. The van der Waals surface area contributed by atoms with Crippen molar-refractivity contribution < 1.29 is 21.6 Å². The van der Waals surface area contributed by atoms with E-state index < -0.39 is 38.4 Å². The van der Waals surface area contributed by atoms with Gasteiger partial charge in [-0.3, -0.25) is 9.10 Å². The smallest absolute Gasteiger partial charge is 0.264 e. The minimum atomic E-state index is -4.07. The molecule has 1 N–H and O–H groups in total. The van der Waals surface area contributed by atoms with E-state index in [0.29, 0.717) is 10.6 Å². The molecule has 0 aromatic heterocycles. The molecular weight excluding hydrogens is 508 g/mol. The topological polar surface area (TPSA) is 101 Å². The lowest BCUT2D eigenvalue weighted by molar-refractivity contribution is -0.120. The van der Waals surface area contributed by atoms with Crippen molar-refractivity contribution in [3.05, 3.63) is 88.4 Å². The van der Waals surface area contributed by atoms with Crippen molar-refractivity contribution in [2.45, 2.75) is 36.6 Å². The molecule has 0 bridgehead atoms. The number of sulfone groups is 1. The summed E-state index contributed by atoms with van der Waals surface area (Å²) in [5, 5.41) is 3.17. The van der Waals surface area contributed by atoms with Gasteiger partial charge in [-0.1, -0.05) is 47.5 Å². The first-order chi connectivity index (χ1) is 16.3. The lowest BCUT2D eigenvalue weighted by Crippen LogP contribution is -2.41. The van der Waals surface area contributed by atoms with Crippen molar-refractivity contribution in [2.75, 3.05) is 17.1 Å². The molecule has 0 saturated heterocycles. The number of carbonyl (C=O) groups excluding carboxylic acids is 1. The number of sulfonamides is 1. The summed E-state index contributed by atoms with van der Waals surface area (Å²) in [6, 6.07) is 16.9. The second kappa shape index (κ2) is 10.4. The van der Waals surface area contributed by atoms with Crippen LogP contribution in [-0.4, -0.2) is 35.5 Å². The number of carbonyl (C=O) groups is 1. The summed E-state index contributed by atoms with van der Waals surface area (Å²) in [5.74, 6) is -0.530. The molecule has 0 aliphatic carbocycles. The first-order valence-electron chi connectivity index (χ1n) is 10.7. The molecular formula is C25H27ClN2O5S2. The Labute approximate surface area is 211 Å². The summed E-state index contributed by atoms with van der Waals surface area (Å²) < 4.78 is 51.4. The van der Waals surface area contributed by atoms with E-state index in [-0.39, 0.29) is 15.5 Å². The van der Waals surface area contributed by atoms with Crippen LogP contribution in [-0.2, 0) is 24.7 Å². The van der Waals surface area contributed by atoms with Gasteiger partial charge >= 0.3 is 0 Å². The van der Waals surface area contributed by atoms with Crippen molar-refractivity contribution in [3.8, 4) is 0 Å². The van der Waals surface area contributed by atoms with Crippen molar-refractivity contribution >= 4 is 43.1 Å². The van der Waals surface area contributed by atoms with Gasteiger partial charge < -0.3 is 5.32 Å². The molecule has 10 heteroatoms. The average Bonchev–Trinajstić information content (AvgIpc) is 2.79. The zero-order chi connectivity index (χ0) is 26.0. The Morgan fingerprint density at radius 2 is 1.49 bits per heavy atom. The number of halogens is 1. The summed E-state index contributed by atoms with van der Waals surface area (Å²) in [6.45, 7) is 4.91. The van der Waals surface area contributed by atoms with Crippen LogP contribution in [0, 0.1) is 13.8 Å². The van der Waals surface area contributed by atoms with Crippen molar-refractivity contribution in [2.24, 2.45) is 0 Å². The molecule has 186 valence electrons. The third-order valence-electron chi connectivity index (χ3n) is 5.53. The number of nitrogens with one attached hydrogen (secondary N) is 1. The van der Waals surface area contributed by atoms with E-state index in [9.17, 15) is 21.6 Å². The lowest BCUT2D eigenvalue weighted by Gasteiger charge is -2.25. The highest BCUT2D eigenvalue weighted by atomic mass is 35.5. The van der Waals surface area contributed by atoms with Gasteiger partial charge in [0.25, 0.3) is 10.0 Å². The average molecular weight is 535 g/mol.